The zero-order chi connectivity index (χ0) is 28.5. The monoisotopic (exact) mass is 539 g/mol. The van der Waals surface area contributed by atoms with Crippen LogP contribution in [0.5, 0.6) is 23.0 Å². The molecule has 2 aromatic rings. The van der Waals surface area contributed by atoms with Crippen LogP contribution in [0.15, 0.2) is 24.3 Å². The zero-order valence-corrected chi connectivity index (χ0v) is 25.0. The molecule has 0 spiro atoms. The highest BCUT2D eigenvalue weighted by Gasteiger charge is 2.16. The van der Waals surface area contributed by atoms with Crippen molar-refractivity contribution >= 4 is 24.1 Å². The number of benzene rings is 2. The molecule has 0 saturated carbocycles. The molecule has 0 aliphatic carbocycles. The standard InChI is InChI=1S/C33H49NO5/c1-7-11-17-34(18-12-8-2)29-24-30(36-5)26(22-33(29)37-6)15-16-27-21-32(39-20-14-10-4)28(25-35)23-31(27)38-19-13-9-3/h15-16,21-25H,7-14,17-20H2,1-6H3/b16-15+. The van der Waals surface area contributed by atoms with Crippen LogP contribution in [0.1, 0.15) is 101 Å². The highest BCUT2D eigenvalue weighted by Crippen LogP contribution is 2.38. The summed E-state index contributed by atoms with van der Waals surface area (Å²) in [6.07, 6.45) is 13.3. The second kappa shape index (κ2) is 18.2. The molecule has 6 nitrogen and oxygen atoms in total. The number of hydrogen-bond donors (Lipinski definition) is 0. The molecule has 0 aliphatic heterocycles. The van der Waals surface area contributed by atoms with E-state index in [1.165, 1.54) is 0 Å². The highest BCUT2D eigenvalue weighted by atomic mass is 16.5. The van der Waals surface area contributed by atoms with Gasteiger partial charge in [0.05, 0.1) is 38.7 Å². The number of anilines is 1. The normalized spacial score (nSPS) is 11.0. The molecule has 39 heavy (non-hydrogen) atoms. The quantitative estimate of drug-likeness (QED) is 0.0956. The van der Waals surface area contributed by atoms with Crippen LogP contribution in [0.4, 0.5) is 5.69 Å². The first-order valence-electron chi connectivity index (χ1n) is 14.6. The lowest BCUT2D eigenvalue weighted by Crippen LogP contribution is -2.26. The molecule has 0 amide bonds. The summed E-state index contributed by atoms with van der Waals surface area (Å²) < 4.78 is 23.7. The van der Waals surface area contributed by atoms with Gasteiger partial charge in [-0.1, -0.05) is 65.5 Å². The van der Waals surface area contributed by atoms with Crippen LogP contribution < -0.4 is 23.8 Å². The molecule has 2 rings (SSSR count). The van der Waals surface area contributed by atoms with Crippen LogP contribution in [0.2, 0.25) is 0 Å². The molecule has 216 valence electrons. The summed E-state index contributed by atoms with van der Waals surface area (Å²) in [5.41, 5.74) is 3.30. The summed E-state index contributed by atoms with van der Waals surface area (Å²) in [4.78, 5) is 14.2. The van der Waals surface area contributed by atoms with Gasteiger partial charge in [0.1, 0.15) is 23.0 Å². The van der Waals surface area contributed by atoms with E-state index in [-0.39, 0.29) is 0 Å². The Balaban J connectivity index is 2.51. The number of ether oxygens (including phenoxy) is 4. The van der Waals surface area contributed by atoms with Gasteiger partial charge in [0.2, 0.25) is 0 Å². The maximum absolute atomic E-state index is 11.8. The Labute approximate surface area is 236 Å². The zero-order valence-electron chi connectivity index (χ0n) is 25.0. The lowest BCUT2D eigenvalue weighted by atomic mass is 10.1. The molecule has 0 atom stereocenters. The van der Waals surface area contributed by atoms with E-state index < -0.39 is 0 Å². The van der Waals surface area contributed by atoms with E-state index in [1.54, 1.807) is 20.3 Å². The topological polar surface area (TPSA) is 57.2 Å². The number of carbonyl (C=O) groups is 1. The van der Waals surface area contributed by atoms with Gasteiger partial charge in [0, 0.05) is 30.3 Å². The van der Waals surface area contributed by atoms with E-state index in [4.69, 9.17) is 18.9 Å². The van der Waals surface area contributed by atoms with Crippen molar-refractivity contribution in [2.75, 3.05) is 45.4 Å². The van der Waals surface area contributed by atoms with Gasteiger partial charge in [-0.3, -0.25) is 4.79 Å². The van der Waals surface area contributed by atoms with Gasteiger partial charge < -0.3 is 23.8 Å². The molecule has 0 bridgehead atoms. The smallest absolute Gasteiger partial charge is 0.153 e. The molecule has 0 heterocycles. The Morgan fingerprint density at radius 3 is 1.56 bits per heavy atom. The Kier molecular flexibility index (Phi) is 15.0. The third-order valence-corrected chi connectivity index (χ3v) is 6.66. The van der Waals surface area contributed by atoms with Crippen molar-refractivity contribution < 1.29 is 23.7 Å². The lowest BCUT2D eigenvalue weighted by Gasteiger charge is -2.27. The van der Waals surface area contributed by atoms with Crippen molar-refractivity contribution in [3.8, 4) is 23.0 Å². The molecule has 0 aliphatic rings. The molecule has 0 radical (unpaired) electrons. The summed E-state index contributed by atoms with van der Waals surface area (Å²) in [6, 6.07) is 7.79. The van der Waals surface area contributed by atoms with E-state index in [0.29, 0.717) is 30.3 Å². The van der Waals surface area contributed by atoms with Crippen molar-refractivity contribution in [1.82, 2.24) is 0 Å². The van der Waals surface area contributed by atoms with Crippen LogP contribution in [-0.4, -0.2) is 46.8 Å². The number of aldehydes is 1. The van der Waals surface area contributed by atoms with Gasteiger partial charge in [0.25, 0.3) is 0 Å². The van der Waals surface area contributed by atoms with E-state index >= 15 is 0 Å². The van der Waals surface area contributed by atoms with Crippen LogP contribution in [0.3, 0.4) is 0 Å². The molecule has 6 heteroatoms. The van der Waals surface area contributed by atoms with Crippen molar-refractivity contribution in [2.24, 2.45) is 0 Å². The van der Waals surface area contributed by atoms with E-state index in [0.717, 1.165) is 99.1 Å². The van der Waals surface area contributed by atoms with Crippen LogP contribution in [0, 0.1) is 0 Å². The number of rotatable bonds is 20. The first-order chi connectivity index (χ1) is 19.1. The Morgan fingerprint density at radius 2 is 1.08 bits per heavy atom. The van der Waals surface area contributed by atoms with Crippen molar-refractivity contribution in [3.63, 3.8) is 0 Å². The average Bonchev–Trinajstić information content (AvgIpc) is 2.96. The maximum atomic E-state index is 11.8. The Morgan fingerprint density at radius 1 is 0.615 bits per heavy atom. The largest absolute Gasteiger partial charge is 0.496 e. The van der Waals surface area contributed by atoms with Gasteiger partial charge in [0.15, 0.2) is 6.29 Å². The summed E-state index contributed by atoms with van der Waals surface area (Å²) in [5.74, 6) is 2.83. The first kappa shape index (κ1) is 32.1. The molecular weight excluding hydrogens is 490 g/mol. The van der Waals surface area contributed by atoms with Crippen LogP contribution in [0.25, 0.3) is 12.2 Å². The summed E-state index contributed by atoms with van der Waals surface area (Å²) in [7, 11) is 3.41. The van der Waals surface area contributed by atoms with Crippen LogP contribution in [-0.2, 0) is 0 Å². The molecular formula is C33H49NO5. The third kappa shape index (κ3) is 9.83. The third-order valence-electron chi connectivity index (χ3n) is 6.66. The minimum Gasteiger partial charge on any atom is -0.496 e. The fraction of sp³-hybridized carbons (Fsp3) is 0.545. The fourth-order valence-corrected chi connectivity index (χ4v) is 4.23. The Hall–Kier alpha value is -3.15. The SMILES string of the molecule is CCCCOc1cc(/C=C/c2cc(OC)c(N(CCCC)CCCC)cc2OC)c(OCCCC)cc1C=O. The van der Waals surface area contributed by atoms with Gasteiger partial charge in [-0.05, 0) is 43.9 Å². The minimum atomic E-state index is 0.498. The molecule has 2 aromatic carbocycles. The number of nitrogens with zero attached hydrogens (tertiary/aromatic N) is 1. The second-order valence-corrected chi connectivity index (χ2v) is 9.74. The number of methoxy groups -OCH3 is 2. The minimum absolute atomic E-state index is 0.498. The molecule has 0 aromatic heterocycles. The maximum Gasteiger partial charge on any atom is 0.153 e. The van der Waals surface area contributed by atoms with Crippen LogP contribution >= 0.6 is 0 Å². The molecule has 0 saturated heterocycles. The van der Waals surface area contributed by atoms with E-state index in [1.807, 2.05) is 24.3 Å². The van der Waals surface area contributed by atoms with Crippen molar-refractivity contribution in [3.05, 3.63) is 41.0 Å². The molecule has 0 fully saturated rings. The Bertz CT molecular complexity index is 1030. The summed E-state index contributed by atoms with van der Waals surface area (Å²) in [6.45, 7) is 11.8. The van der Waals surface area contributed by atoms with Gasteiger partial charge >= 0.3 is 0 Å². The lowest BCUT2D eigenvalue weighted by molar-refractivity contribution is 0.111. The summed E-state index contributed by atoms with van der Waals surface area (Å²) in [5, 5.41) is 0. The van der Waals surface area contributed by atoms with Gasteiger partial charge in [-0.15, -0.1) is 0 Å². The second-order valence-electron chi connectivity index (χ2n) is 9.74. The fourth-order valence-electron chi connectivity index (χ4n) is 4.23. The van der Waals surface area contributed by atoms with Gasteiger partial charge in [-0.2, -0.15) is 0 Å². The number of hydrogen-bond acceptors (Lipinski definition) is 6. The highest BCUT2D eigenvalue weighted by molar-refractivity contribution is 5.84. The average molecular weight is 540 g/mol. The number of carbonyl (C=O) groups excluding carboxylic acids is 1. The molecule has 0 unspecified atom stereocenters. The van der Waals surface area contributed by atoms with Crippen molar-refractivity contribution in [2.45, 2.75) is 79.1 Å². The van der Waals surface area contributed by atoms with Gasteiger partial charge in [-0.25, -0.2) is 0 Å². The number of unbranched alkanes of at least 4 members (excludes halogenated alkanes) is 4. The first-order valence-corrected chi connectivity index (χ1v) is 14.6. The summed E-state index contributed by atoms with van der Waals surface area (Å²) >= 11 is 0. The predicted octanol–water partition coefficient (Wildman–Crippen LogP) is 8.45. The molecule has 0 N–H and O–H groups in total. The van der Waals surface area contributed by atoms with E-state index in [9.17, 15) is 4.79 Å². The predicted molar refractivity (Wildman–Crippen MR) is 163 cm³/mol. The van der Waals surface area contributed by atoms with Crippen molar-refractivity contribution in [1.29, 1.82) is 0 Å². The van der Waals surface area contributed by atoms with E-state index in [2.05, 4.69) is 38.7 Å².